The molecule has 5 heteroatoms. The standard InChI is InChI=1S/C13H17ClN2O2/c1-17-15-13(10-16-6-8-18-9-7-16)11-2-4-12(14)5-3-11/h2-5H,6-10H2,1H3/b15-13+. The SMILES string of the molecule is CO/N=C(\CN1CCOCC1)c1ccc(Cl)cc1. The number of oxime groups is 1. The lowest BCUT2D eigenvalue weighted by atomic mass is 10.1. The van der Waals surface area contributed by atoms with Crippen molar-refractivity contribution < 1.29 is 9.57 Å². The van der Waals surface area contributed by atoms with Crippen molar-refractivity contribution in [3.63, 3.8) is 0 Å². The van der Waals surface area contributed by atoms with E-state index in [1.54, 1.807) is 7.11 Å². The smallest absolute Gasteiger partial charge is 0.106 e. The Kier molecular flexibility index (Phi) is 4.99. The van der Waals surface area contributed by atoms with Crippen LogP contribution in [0.5, 0.6) is 0 Å². The van der Waals surface area contributed by atoms with Crippen molar-refractivity contribution in [2.24, 2.45) is 5.16 Å². The molecule has 18 heavy (non-hydrogen) atoms. The predicted molar refractivity (Wildman–Crippen MR) is 72.3 cm³/mol. The Labute approximate surface area is 112 Å². The van der Waals surface area contributed by atoms with Gasteiger partial charge in [0.1, 0.15) is 12.8 Å². The Morgan fingerprint density at radius 2 is 2.00 bits per heavy atom. The highest BCUT2D eigenvalue weighted by Gasteiger charge is 2.14. The van der Waals surface area contributed by atoms with Crippen LogP contribution in [0.3, 0.4) is 0 Å². The molecule has 1 fully saturated rings. The van der Waals surface area contributed by atoms with Gasteiger partial charge in [-0.2, -0.15) is 0 Å². The van der Waals surface area contributed by atoms with Crippen molar-refractivity contribution in [1.82, 2.24) is 4.90 Å². The molecule has 1 aliphatic heterocycles. The molecule has 0 saturated carbocycles. The molecule has 1 aliphatic rings. The number of benzene rings is 1. The fraction of sp³-hybridized carbons (Fsp3) is 0.462. The highest BCUT2D eigenvalue weighted by atomic mass is 35.5. The predicted octanol–water partition coefficient (Wildman–Crippen LogP) is 2.02. The molecular formula is C13H17ClN2O2. The number of nitrogens with zero attached hydrogens (tertiary/aromatic N) is 2. The molecule has 0 aromatic heterocycles. The topological polar surface area (TPSA) is 34.1 Å². The van der Waals surface area contributed by atoms with Gasteiger partial charge in [0, 0.05) is 30.2 Å². The number of ether oxygens (including phenoxy) is 1. The Morgan fingerprint density at radius 3 is 2.61 bits per heavy atom. The summed E-state index contributed by atoms with van der Waals surface area (Å²) in [7, 11) is 1.56. The van der Waals surface area contributed by atoms with Gasteiger partial charge >= 0.3 is 0 Å². The lowest BCUT2D eigenvalue weighted by Crippen LogP contribution is -2.39. The summed E-state index contributed by atoms with van der Waals surface area (Å²) >= 11 is 5.89. The number of hydrogen-bond acceptors (Lipinski definition) is 4. The van der Waals surface area contributed by atoms with Crippen molar-refractivity contribution in [2.75, 3.05) is 40.0 Å². The van der Waals surface area contributed by atoms with E-state index in [2.05, 4.69) is 10.1 Å². The van der Waals surface area contributed by atoms with Crippen molar-refractivity contribution in [1.29, 1.82) is 0 Å². The Balaban J connectivity index is 2.08. The number of halogens is 1. The monoisotopic (exact) mass is 268 g/mol. The van der Waals surface area contributed by atoms with Crippen LogP contribution < -0.4 is 0 Å². The molecule has 1 aromatic carbocycles. The molecule has 2 rings (SSSR count). The molecule has 0 N–H and O–H groups in total. The first-order valence-corrected chi connectivity index (χ1v) is 6.33. The van der Waals surface area contributed by atoms with Gasteiger partial charge in [-0.3, -0.25) is 4.90 Å². The van der Waals surface area contributed by atoms with Gasteiger partial charge in [0.2, 0.25) is 0 Å². The zero-order chi connectivity index (χ0) is 12.8. The summed E-state index contributed by atoms with van der Waals surface area (Å²) in [6.07, 6.45) is 0. The van der Waals surface area contributed by atoms with Crippen LogP contribution in [-0.2, 0) is 9.57 Å². The lowest BCUT2D eigenvalue weighted by Gasteiger charge is -2.26. The summed E-state index contributed by atoms with van der Waals surface area (Å²) in [6.45, 7) is 4.17. The van der Waals surface area contributed by atoms with Crippen LogP contribution in [0, 0.1) is 0 Å². The maximum absolute atomic E-state index is 5.89. The molecule has 4 nitrogen and oxygen atoms in total. The third-order valence-electron chi connectivity index (χ3n) is 2.86. The van der Waals surface area contributed by atoms with E-state index < -0.39 is 0 Å². The lowest BCUT2D eigenvalue weighted by molar-refractivity contribution is 0.0449. The van der Waals surface area contributed by atoms with E-state index in [4.69, 9.17) is 21.2 Å². The molecule has 0 amide bonds. The van der Waals surface area contributed by atoms with E-state index in [0.717, 1.165) is 49.1 Å². The van der Waals surface area contributed by atoms with Gasteiger partial charge in [0.05, 0.1) is 13.2 Å². The number of rotatable bonds is 4. The van der Waals surface area contributed by atoms with Gasteiger partial charge in [-0.1, -0.05) is 28.9 Å². The average Bonchev–Trinajstić information content (AvgIpc) is 2.40. The minimum atomic E-state index is 0.724. The largest absolute Gasteiger partial charge is 0.399 e. The summed E-state index contributed by atoms with van der Waals surface area (Å²) in [6, 6.07) is 7.64. The van der Waals surface area contributed by atoms with E-state index in [1.807, 2.05) is 24.3 Å². The van der Waals surface area contributed by atoms with Crippen LogP contribution in [-0.4, -0.2) is 50.6 Å². The fourth-order valence-corrected chi connectivity index (χ4v) is 2.02. The third kappa shape index (κ3) is 3.70. The van der Waals surface area contributed by atoms with Gasteiger partial charge in [-0.15, -0.1) is 0 Å². The van der Waals surface area contributed by atoms with Crippen LogP contribution in [0.1, 0.15) is 5.56 Å². The molecule has 0 spiro atoms. The van der Waals surface area contributed by atoms with Crippen molar-refractivity contribution in [3.8, 4) is 0 Å². The second-order valence-corrected chi connectivity index (χ2v) is 4.55. The number of morpholine rings is 1. The summed E-state index contributed by atoms with van der Waals surface area (Å²) in [5.74, 6) is 0. The summed E-state index contributed by atoms with van der Waals surface area (Å²) in [5.41, 5.74) is 1.95. The number of hydrogen-bond donors (Lipinski definition) is 0. The molecule has 1 heterocycles. The van der Waals surface area contributed by atoms with Gasteiger partial charge in [0.15, 0.2) is 0 Å². The van der Waals surface area contributed by atoms with Crippen molar-refractivity contribution in [2.45, 2.75) is 0 Å². The van der Waals surface area contributed by atoms with Crippen molar-refractivity contribution >= 4 is 17.3 Å². The van der Waals surface area contributed by atoms with Gasteiger partial charge in [-0.25, -0.2) is 0 Å². The zero-order valence-electron chi connectivity index (χ0n) is 10.4. The maximum Gasteiger partial charge on any atom is 0.106 e. The normalized spacial score (nSPS) is 17.8. The summed E-state index contributed by atoms with van der Waals surface area (Å²) < 4.78 is 5.33. The van der Waals surface area contributed by atoms with Gasteiger partial charge in [-0.05, 0) is 12.1 Å². The molecular weight excluding hydrogens is 252 g/mol. The van der Waals surface area contributed by atoms with Crippen molar-refractivity contribution in [3.05, 3.63) is 34.9 Å². The van der Waals surface area contributed by atoms with E-state index in [1.165, 1.54) is 0 Å². The van der Waals surface area contributed by atoms with Crippen LogP contribution in [0.2, 0.25) is 5.02 Å². The Hall–Kier alpha value is -1.10. The molecule has 1 saturated heterocycles. The highest BCUT2D eigenvalue weighted by molar-refractivity contribution is 6.30. The van der Waals surface area contributed by atoms with Crippen LogP contribution in [0.4, 0.5) is 0 Å². The molecule has 0 radical (unpaired) electrons. The highest BCUT2D eigenvalue weighted by Crippen LogP contribution is 2.11. The average molecular weight is 269 g/mol. The van der Waals surface area contributed by atoms with Crippen LogP contribution >= 0.6 is 11.6 Å². The third-order valence-corrected chi connectivity index (χ3v) is 3.11. The first-order chi connectivity index (χ1) is 8.79. The molecule has 0 atom stereocenters. The van der Waals surface area contributed by atoms with Crippen LogP contribution in [0.25, 0.3) is 0 Å². The van der Waals surface area contributed by atoms with E-state index in [9.17, 15) is 0 Å². The Bertz CT molecular complexity index is 400. The summed E-state index contributed by atoms with van der Waals surface area (Å²) in [4.78, 5) is 7.23. The van der Waals surface area contributed by atoms with Crippen LogP contribution in [0.15, 0.2) is 29.4 Å². The first kappa shape index (κ1) is 13.3. The fourth-order valence-electron chi connectivity index (χ4n) is 1.90. The maximum atomic E-state index is 5.89. The summed E-state index contributed by atoms with van der Waals surface area (Å²) in [5, 5.41) is 4.83. The zero-order valence-corrected chi connectivity index (χ0v) is 11.2. The minimum Gasteiger partial charge on any atom is -0.399 e. The quantitative estimate of drug-likeness (QED) is 0.619. The second-order valence-electron chi connectivity index (χ2n) is 4.12. The van der Waals surface area contributed by atoms with E-state index in [-0.39, 0.29) is 0 Å². The molecule has 98 valence electrons. The molecule has 0 bridgehead atoms. The minimum absolute atomic E-state index is 0.724. The molecule has 0 aliphatic carbocycles. The first-order valence-electron chi connectivity index (χ1n) is 5.95. The second kappa shape index (κ2) is 6.73. The van der Waals surface area contributed by atoms with Gasteiger partial charge in [0.25, 0.3) is 0 Å². The van der Waals surface area contributed by atoms with E-state index in [0.29, 0.717) is 0 Å². The molecule has 0 unspecified atom stereocenters. The molecule has 1 aromatic rings. The van der Waals surface area contributed by atoms with Gasteiger partial charge < -0.3 is 9.57 Å². The Morgan fingerprint density at radius 1 is 1.33 bits per heavy atom. The van der Waals surface area contributed by atoms with E-state index >= 15 is 0 Å².